The Morgan fingerprint density at radius 1 is 0.640 bits per heavy atom. The van der Waals surface area contributed by atoms with Gasteiger partial charge in [-0.15, -0.1) is 29.1 Å². The number of rotatable bonds is 20. The van der Waals surface area contributed by atoms with Gasteiger partial charge in [0.1, 0.15) is 39.1 Å². The van der Waals surface area contributed by atoms with Crippen molar-refractivity contribution < 1.29 is 84.5 Å². The van der Waals surface area contributed by atoms with Crippen LogP contribution in [0, 0.1) is 0 Å². The number of phenols is 2. The topological polar surface area (TPSA) is 353 Å². The van der Waals surface area contributed by atoms with Gasteiger partial charge in [-0.25, -0.2) is 10.5 Å². The highest BCUT2D eigenvalue weighted by Crippen LogP contribution is 2.50. The van der Waals surface area contributed by atoms with Crippen molar-refractivity contribution in [1.29, 1.82) is 0 Å². The molecule has 0 aliphatic heterocycles. The first-order valence-electron chi connectivity index (χ1n) is 20.7. The smallest absolute Gasteiger partial charge is 0.296 e. The van der Waals surface area contributed by atoms with Crippen molar-refractivity contribution in [3.8, 4) is 23.0 Å². The second-order valence-corrected chi connectivity index (χ2v) is 20.3. The molecule has 0 aliphatic rings. The van der Waals surface area contributed by atoms with E-state index in [4.69, 9.17) is 54.8 Å². The maximum absolute atomic E-state index is 13.6. The highest BCUT2D eigenvalue weighted by Gasteiger charge is 2.27. The lowest BCUT2D eigenvalue weighted by atomic mass is 10.1. The summed E-state index contributed by atoms with van der Waals surface area (Å²) in [6.07, 6.45) is 0. The van der Waals surface area contributed by atoms with E-state index in [-0.39, 0.29) is 117 Å². The van der Waals surface area contributed by atoms with Crippen LogP contribution in [0.5, 0.6) is 23.0 Å². The lowest BCUT2D eigenvalue weighted by molar-refractivity contribution is -0.432. The van der Waals surface area contributed by atoms with E-state index in [2.05, 4.69) is 49.8 Å². The first-order chi connectivity index (χ1) is 35.7. The summed E-state index contributed by atoms with van der Waals surface area (Å²) in [7, 11) is -10.2. The standard InChI is InChI=1S/C44H33Cl3N6O18S4/c1-3-66-32-19-29(51-53-40-35(75(63,64)65)15-21-12-24(72-70-68-58)16-30(36(21)42(40)55)49-44(57)26-9-6-10-27(46)38(26)47)33(67-4-2)18-28(32)50-52-39-34(73-71-69-59)14-22-13-25(74(60,61)62)17-31(37(22)41(39)54)48-43(56)20-7-5-8-23(45)11-20/h5-19,54-55,58-59H,3-4H2,1-2H3,(H,48,56)(H,49,57)(H,60,61,62)(H,63,64,65). The molecule has 0 atom stereocenters. The summed E-state index contributed by atoms with van der Waals surface area (Å²) in [5.41, 5.74) is -2.18. The van der Waals surface area contributed by atoms with E-state index < -0.39 is 64.7 Å². The van der Waals surface area contributed by atoms with Crippen LogP contribution >= 0.6 is 58.9 Å². The zero-order valence-electron chi connectivity index (χ0n) is 37.7. The molecule has 7 rings (SSSR count). The molecule has 0 saturated heterocycles. The first kappa shape index (κ1) is 56.3. The molecule has 0 unspecified atom stereocenters. The van der Waals surface area contributed by atoms with Gasteiger partial charge in [-0.3, -0.25) is 18.7 Å². The van der Waals surface area contributed by atoms with E-state index in [1.165, 1.54) is 72.8 Å². The third-order valence-electron chi connectivity index (χ3n) is 10.1. The molecule has 24 nitrogen and oxygen atoms in total. The number of nitrogens with zero attached hydrogens (tertiary/aromatic N) is 4. The van der Waals surface area contributed by atoms with Crippen molar-refractivity contribution in [2.75, 3.05) is 23.8 Å². The molecule has 392 valence electrons. The minimum absolute atomic E-state index is 0.0219. The number of carbonyl (C=O) groups is 2. The molecule has 2 amide bonds. The molecule has 0 spiro atoms. The molecular weight excluding hydrogens is 1140 g/mol. The number of azo groups is 2. The van der Waals surface area contributed by atoms with Crippen molar-refractivity contribution >= 4 is 147 Å². The van der Waals surface area contributed by atoms with Crippen LogP contribution in [0.4, 0.5) is 34.1 Å². The van der Waals surface area contributed by atoms with E-state index in [1.54, 1.807) is 13.8 Å². The van der Waals surface area contributed by atoms with Gasteiger partial charge >= 0.3 is 0 Å². The Balaban J connectivity index is 1.36. The molecule has 31 heteroatoms. The van der Waals surface area contributed by atoms with Gasteiger partial charge in [0.05, 0.1) is 74.1 Å². The lowest BCUT2D eigenvalue weighted by Gasteiger charge is -2.16. The SMILES string of the molecule is CCOc1cc(N=Nc2c(S(=O)(=O)O)cc3cc(SOOO)cc(NC(=O)c4cccc(Cl)c4Cl)c3c2O)c(OCC)cc1N=Nc1c(SOOO)cc2cc(S(=O)(=O)O)cc(NC(=O)c3cccc(Cl)c3)c2c1O. The summed E-state index contributed by atoms with van der Waals surface area (Å²) in [4.78, 5) is 25.2. The fourth-order valence-electron chi connectivity index (χ4n) is 7.01. The molecule has 0 radical (unpaired) electrons. The Morgan fingerprint density at radius 3 is 1.81 bits per heavy atom. The number of halogens is 3. The van der Waals surface area contributed by atoms with E-state index in [0.29, 0.717) is 12.0 Å². The molecule has 0 aliphatic carbocycles. The predicted octanol–water partition coefficient (Wildman–Crippen LogP) is 12.8. The van der Waals surface area contributed by atoms with E-state index in [1.807, 2.05) is 0 Å². The van der Waals surface area contributed by atoms with Crippen molar-refractivity contribution in [3.05, 3.63) is 117 Å². The maximum atomic E-state index is 13.6. The predicted molar refractivity (Wildman–Crippen MR) is 273 cm³/mol. The second kappa shape index (κ2) is 24.0. The number of amides is 2. The monoisotopic (exact) mass is 1170 g/mol. The molecule has 0 aromatic heterocycles. The van der Waals surface area contributed by atoms with Gasteiger partial charge in [0.2, 0.25) is 0 Å². The number of hydrogen-bond donors (Lipinski definition) is 8. The summed E-state index contributed by atoms with van der Waals surface area (Å²) in [6, 6.07) is 18.9. The van der Waals surface area contributed by atoms with Crippen LogP contribution in [-0.2, 0) is 39.0 Å². The van der Waals surface area contributed by atoms with E-state index in [9.17, 15) is 45.7 Å². The van der Waals surface area contributed by atoms with Gasteiger partial charge in [-0.05, 0) is 91.3 Å². The van der Waals surface area contributed by atoms with E-state index >= 15 is 0 Å². The van der Waals surface area contributed by atoms with E-state index in [0.717, 1.165) is 18.2 Å². The number of carbonyl (C=O) groups excluding carboxylic acids is 2. The molecule has 0 saturated carbocycles. The van der Waals surface area contributed by atoms with Crippen LogP contribution in [0.1, 0.15) is 34.6 Å². The molecule has 0 bridgehead atoms. The summed E-state index contributed by atoms with van der Waals surface area (Å²) in [5.74, 6) is -3.55. The van der Waals surface area contributed by atoms with Crippen molar-refractivity contribution in [2.24, 2.45) is 20.5 Å². The third-order valence-corrected chi connectivity index (χ3v) is 14.0. The summed E-state index contributed by atoms with van der Waals surface area (Å²) in [6.45, 7) is 3.14. The van der Waals surface area contributed by atoms with Crippen LogP contribution in [0.25, 0.3) is 21.5 Å². The first-order valence-corrected chi connectivity index (χ1v) is 26.2. The number of phenolic OH excluding ortho intramolecular Hbond substituents is 2. The summed E-state index contributed by atoms with van der Waals surface area (Å²) >= 11 is 19.2. The number of nitrogens with one attached hydrogen (secondary N) is 2. The Labute approximate surface area is 446 Å². The Kier molecular flexibility index (Phi) is 18.0. The highest BCUT2D eigenvalue weighted by molar-refractivity contribution is 7.95. The van der Waals surface area contributed by atoms with Crippen LogP contribution in [0.15, 0.2) is 131 Å². The maximum Gasteiger partial charge on any atom is 0.296 e. The minimum atomic E-state index is -5.24. The molecule has 0 heterocycles. The molecule has 0 fully saturated rings. The third kappa shape index (κ3) is 13.0. The van der Waals surface area contributed by atoms with Gasteiger partial charge in [0.25, 0.3) is 32.1 Å². The molecule has 8 N–H and O–H groups in total. The fourth-order valence-corrected chi connectivity index (χ4v) is 9.73. The van der Waals surface area contributed by atoms with Gasteiger partial charge < -0.3 is 30.3 Å². The van der Waals surface area contributed by atoms with Gasteiger partial charge in [0, 0.05) is 38.4 Å². The van der Waals surface area contributed by atoms with Crippen LogP contribution in [0.3, 0.4) is 0 Å². The van der Waals surface area contributed by atoms with Gasteiger partial charge in [0.15, 0.2) is 11.5 Å². The average Bonchev–Trinajstić information content (AvgIpc) is 3.35. The summed E-state index contributed by atoms with van der Waals surface area (Å²) in [5, 5.41) is 70.1. The van der Waals surface area contributed by atoms with Crippen molar-refractivity contribution in [1.82, 2.24) is 0 Å². The zero-order valence-corrected chi connectivity index (χ0v) is 43.2. The fraction of sp³-hybridized carbons (Fsp3) is 0.0909. The quantitative estimate of drug-likeness (QED) is 0.0115. The van der Waals surface area contributed by atoms with Gasteiger partial charge in [-0.1, -0.05) is 57.0 Å². The Hall–Kier alpha value is -6.45. The highest BCUT2D eigenvalue weighted by atomic mass is 35.5. The van der Waals surface area contributed by atoms with Crippen LogP contribution < -0.4 is 20.1 Å². The largest absolute Gasteiger partial charge is 0.505 e. The normalized spacial score (nSPS) is 12.0. The Bertz CT molecular complexity index is 3710. The molecule has 7 aromatic carbocycles. The molecular formula is C44H33Cl3N6O18S4. The number of benzene rings is 7. The number of fused-ring (bicyclic) bond motifs is 2. The van der Waals surface area contributed by atoms with Crippen LogP contribution in [0.2, 0.25) is 15.1 Å². The molecule has 75 heavy (non-hydrogen) atoms. The number of hydrogen-bond acceptors (Lipinski definition) is 22. The zero-order chi connectivity index (χ0) is 54.4. The Morgan fingerprint density at radius 2 is 1.21 bits per heavy atom. The van der Waals surface area contributed by atoms with Crippen molar-refractivity contribution in [3.63, 3.8) is 0 Å². The van der Waals surface area contributed by atoms with Gasteiger partial charge in [-0.2, -0.15) is 16.8 Å². The lowest BCUT2D eigenvalue weighted by Crippen LogP contribution is -2.13. The van der Waals surface area contributed by atoms with Crippen LogP contribution in [-0.4, -0.2) is 71.7 Å². The number of ether oxygens (including phenoxy) is 2. The second-order valence-electron chi connectivity index (χ2n) is 14.8. The summed E-state index contributed by atoms with van der Waals surface area (Å²) < 4.78 is 91.9. The van der Waals surface area contributed by atoms with Crippen molar-refractivity contribution in [2.45, 2.75) is 33.4 Å². The molecule has 7 aromatic rings. The average molecular weight is 1170 g/mol. The number of anilines is 2. The minimum Gasteiger partial charge on any atom is -0.505 e. The number of aromatic hydroxyl groups is 2.